The van der Waals surface area contributed by atoms with Gasteiger partial charge in [-0.2, -0.15) is 8.42 Å². The summed E-state index contributed by atoms with van der Waals surface area (Å²) in [4.78, 5) is 12.3. The molecule has 10 nitrogen and oxygen atoms in total. The van der Waals surface area contributed by atoms with Crippen molar-refractivity contribution in [1.29, 1.82) is 0 Å². The second-order valence-electron chi connectivity index (χ2n) is 6.00. The molecule has 12 heteroatoms. The van der Waals surface area contributed by atoms with Crippen molar-refractivity contribution >= 4 is 44.9 Å². The average Bonchev–Trinajstić information content (AvgIpc) is 2.71. The van der Waals surface area contributed by atoms with Crippen LogP contribution in [0.15, 0.2) is 57.8 Å². The normalized spacial score (nSPS) is 10.7. The molecule has 1 amide bonds. The summed E-state index contributed by atoms with van der Waals surface area (Å²) in [6.45, 7) is 3.32. The highest BCUT2D eigenvalue weighted by molar-refractivity contribution is 7.90. The zero-order valence-corrected chi connectivity index (χ0v) is 18.3. The minimum atomic E-state index is -3.99. The largest absolute Gasteiger partial charge is 0.491 e. The number of anilines is 1. The summed E-state index contributed by atoms with van der Waals surface area (Å²) in [5.41, 5.74) is 11.1. The lowest BCUT2D eigenvalue weighted by Gasteiger charge is -2.11. The monoisotopic (exact) mass is 465 g/mol. The number of carbonyl (C=O) groups is 1. The van der Waals surface area contributed by atoms with Gasteiger partial charge < -0.3 is 26.3 Å². The summed E-state index contributed by atoms with van der Waals surface area (Å²) in [6.07, 6.45) is 0. The molecule has 0 aromatic heterocycles. The van der Waals surface area contributed by atoms with E-state index in [-0.39, 0.29) is 10.0 Å². The molecule has 2 aromatic carbocycles. The Morgan fingerprint density at radius 3 is 2.48 bits per heavy atom. The molecule has 2 rings (SSSR count). The molecule has 0 aliphatic rings. The summed E-state index contributed by atoms with van der Waals surface area (Å²) in [5.74, 6) is -0.460. The highest BCUT2D eigenvalue weighted by Gasteiger charge is 2.13. The van der Waals surface area contributed by atoms with Crippen molar-refractivity contribution < 1.29 is 22.7 Å². The third-order valence-electron chi connectivity index (χ3n) is 3.66. The van der Waals surface area contributed by atoms with E-state index >= 15 is 0 Å². The van der Waals surface area contributed by atoms with Crippen molar-refractivity contribution in [3.8, 4) is 5.75 Å². The van der Waals surface area contributed by atoms with Crippen LogP contribution in [-0.2, 0) is 14.8 Å². The number of sulfonamides is 1. The molecule has 0 radical (unpaired) electrons. The number of benzene rings is 2. The van der Waals surface area contributed by atoms with E-state index in [1.807, 2.05) is 6.92 Å². The van der Waals surface area contributed by atoms with Gasteiger partial charge in [0.15, 0.2) is 5.11 Å². The number of guanidine groups is 1. The van der Waals surface area contributed by atoms with Crippen molar-refractivity contribution in [2.24, 2.45) is 15.9 Å². The van der Waals surface area contributed by atoms with Crippen molar-refractivity contribution in [1.82, 2.24) is 5.32 Å². The standard InChI is InChI=1S/C19H23N5O5S2/c1-2-28-10-11-29-15-5-3-4-13(12-15)17(25)23-19(30)22-14-6-8-16(9-7-14)31(26,27)24-18(20)21/h3-9,12H,2,10-11H2,1H3,(H4,20,21,24)(H2,22,23,25,30). The molecule has 0 spiro atoms. The van der Waals surface area contributed by atoms with Crippen LogP contribution in [0, 0.1) is 0 Å². The Labute approximate surface area is 185 Å². The van der Waals surface area contributed by atoms with Crippen LogP contribution in [0.25, 0.3) is 0 Å². The van der Waals surface area contributed by atoms with E-state index in [1.54, 1.807) is 24.3 Å². The third kappa shape index (κ3) is 7.85. The minimum Gasteiger partial charge on any atom is -0.491 e. The first-order valence-electron chi connectivity index (χ1n) is 9.10. The minimum absolute atomic E-state index is 0.0347. The van der Waals surface area contributed by atoms with Crippen LogP contribution in [-0.4, -0.2) is 45.2 Å². The number of nitrogens with zero attached hydrogens (tertiary/aromatic N) is 1. The first-order valence-corrected chi connectivity index (χ1v) is 10.9. The van der Waals surface area contributed by atoms with E-state index in [0.717, 1.165) is 0 Å². The number of thiocarbonyl (C=S) groups is 1. The molecule has 31 heavy (non-hydrogen) atoms. The number of nitrogens with one attached hydrogen (secondary N) is 2. The predicted octanol–water partition coefficient (Wildman–Crippen LogP) is 1.19. The van der Waals surface area contributed by atoms with E-state index < -0.39 is 21.9 Å². The van der Waals surface area contributed by atoms with Gasteiger partial charge in [0, 0.05) is 17.9 Å². The van der Waals surface area contributed by atoms with Crippen LogP contribution in [0.5, 0.6) is 5.75 Å². The first-order chi connectivity index (χ1) is 14.7. The summed E-state index contributed by atoms with van der Waals surface area (Å²) in [5, 5.41) is 5.38. The Morgan fingerprint density at radius 2 is 1.84 bits per heavy atom. The fraction of sp³-hybridized carbons (Fsp3) is 0.211. The van der Waals surface area contributed by atoms with Gasteiger partial charge in [-0.3, -0.25) is 10.1 Å². The van der Waals surface area contributed by atoms with Gasteiger partial charge in [-0.25, -0.2) is 0 Å². The van der Waals surface area contributed by atoms with Gasteiger partial charge in [0.25, 0.3) is 15.9 Å². The van der Waals surface area contributed by atoms with Gasteiger partial charge >= 0.3 is 0 Å². The van der Waals surface area contributed by atoms with E-state index in [9.17, 15) is 13.2 Å². The molecule has 0 aliphatic carbocycles. The molecule has 0 unspecified atom stereocenters. The Morgan fingerprint density at radius 1 is 1.13 bits per heavy atom. The Balaban J connectivity index is 1.95. The van der Waals surface area contributed by atoms with Gasteiger partial charge in [-0.05, 0) is 61.6 Å². The number of nitrogens with two attached hydrogens (primary N) is 2. The molecule has 0 aliphatic heterocycles. The summed E-state index contributed by atoms with van der Waals surface area (Å²) in [7, 11) is -3.99. The third-order valence-corrected chi connectivity index (χ3v) is 5.18. The summed E-state index contributed by atoms with van der Waals surface area (Å²) < 4.78 is 37.8. The van der Waals surface area contributed by atoms with Crippen LogP contribution in [0.4, 0.5) is 5.69 Å². The first kappa shape index (κ1) is 24.1. The van der Waals surface area contributed by atoms with Crippen LogP contribution < -0.4 is 26.8 Å². The average molecular weight is 466 g/mol. The number of amides is 1. The topological polar surface area (TPSA) is 158 Å². The van der Waals surface area contributed by atoms with E-state index in [0.29, 0.717) is 36.8 Å². The van der Waals surface area contributed by atoms with Crippen molar-refractivity contribution in [2.45, 2.75) is 11.8 Å². The van der Waals surface area contributed by atoms with Crippen LogP contribution in [0.1, 0.15) is 17.3 Å². The van der Waals surface area contributed by atoms with Crippen molar-refractivity contribution in [3.05, 3.63) is 54.1 Å². The Bertz CT molecular complexity index is 1050. The van der Waals surface area contributed by atoms with Gasteiger partial charge in [0.2, 0.25) is 5.96 Å². The molecule has 166 valence electrons. The Hall–Kier alpha value is -3.22. The zero-order valence-electron chi connectivity index (χ0n) is 16.7. The molecule has 2 aromatic rings. The highest BCUT2D eigenvalue weighted by Crippen LogP contribution is 2.16. The Kier molecular flexibility index (Phi) is 8.73. The fourth-order valence-electron chi connectivity index (χ4n) is 2.33. The summed E-state index contributed by atoms with van der Waals surface area (Å²) >= 11 is 5.14. The molecular formula is C19H23N5O5S2. The molecule has 0 bridgehead atoms. The van der Waals surface area contributed by atoms with Crippen LogP contribution in [0.3, 0.4) is 0 Å². The zero-order chi connectivity index (χ0) is 22.9. The maximum absolute atomic E-state index is 12.4. The van der Waals surface area contributed by atoms with Crippen LogP contribution >= 0.6 is 12.2 Å². The molecule has 0 heterocycles. The van der Waals surface area contributed by atoms with Crippen LogP contribution in [0.2, 0.25) is 0 Å². The van der Waals surface area contributed by atoms with Gasteiger partial charge in [0.1, 0.15) is 12.4 Å². The molecule has 0 fully saturated rings. The summed E-state index contributed by atoms with van der Waals surface area (Å²) in [6, 6.07) is 12.2. The lowest BCUT2D eigenvalue weighted by atomic mass is 10.2. The van der Waals surface area contributed by atoms with Crippen molar-refractivity contribution in [3.63, 3.8) is 0 Å². The molecule has 0 atom stereocenters. The molecular weight excluding hydrogens is 442 g/mol. The van der Waals surface area contributed by atoms with E-state index in [2.05, 4.69) is 15.0 Å². The number of rotatable bonds is 9. The maximum Gasteiger partial charge on any atom is 0.285 e. The van der Waals surface area contributed by atoms with Crippen molar-refractivity contribution in [2.75, 3.05) is 25.1 Å². The lowest BCUT2D eigenvalue weighted by Crippen LogP contribution is -2.34. The fourth-order valence-corrected chi connectivity index (χ4v) is 3.40. The molecule has 6 N–H and O–H groups in total. The lowest BCUT2D eigenvalue weighted by molar-refractivity contribution is 0.0976. The van der Waals surface area contributed by atoms with E-state index in [4.69, 9.17) is 33.2 Å². The number of hydrogen-bond acceptors (Lipinski definition) is 6. The quantitative estimate of drug-likeness (QED) is 0.185. The van der Waals surface area contributed by atoms with E-state index in [1.165, 1.54) is 24.3 Å². The SMILES string of the molecule is CCOCCOc1cccc(C(=O)NC(=S)Nc2ccc(S(=O)(=O)N=C(N)N)cc2)c1. The second-order valence-corrected chi connectivity index (χ2v) is 8.01. The maximum atomic E-state index is 12.4. The van der Waals surface area contributed by atoms with Gasteiger partial charge in [-0.1, -0.05) is 6.07 Å². The predicted molar refractivity (Wildman–Crippen MR) is 122 cm³/mol. The van der Waals surface area contributed by atoms with Gasteiger partial charge in [-0.15, -0.1) is 4.40 Å². The van der Waals surface area contributed by atoms with Gasteiger partial charge in [0.05, 0.1) is 11.5 Å². The number of ether oxygens (including phenoxy) is 2. The molecule has 0 saturated carbocycles. The highest BCUT2D eigenvalue weighted by atomic mass is 32.2. The smallest absolute Gasteiger partial charge is 0.285 e. The number of carbonyl (C=O) groups excluding carboxylic acids is 1. The number of hydrogen-bond donors (Lipinski definition) is 4. The molecule has 0 saturated heterocycles. The second kappa shape index (κ2) is 11.2.